The predicted molar refractivity (Wildman–Crippen MR) is 121 cm³/mol. The summed E-state index contributed by atoms with van der Waals surface area (Å²) in [5, 5.41) is 5.24. The highest BCUT2D eigenvalue weighted by molar-refractivity contribution is 7.99. The SMILES string of the molecule is CCSCCCc1nc(CCc2cnc(C)[nH]c2=O)n(-c2cccc(Cl)c2OC)n1. The minimum absolute atomic E-state index is 0.120. The van der Waals surface area contributed by atoms with E-state index >= 15 is 0 Å². The van der Waals surface area contributed by atoms with Gasteiger partial charge in [0.1, 0.15) is 17.3 Å². The molecule has 0 unspecified atom stereocenters. The molecule has 0 spiro atoms. The Morgan fingerprint density at radius 2 is 2.10 bits per heavy atom. The van der Waals surface area contributed by atoms with E-state index in [0.717, 1.165) is 41.7 Å². The maximum Gasteiger partial charge on any atom is 0.254 e. The van der Waals surface area contributed by atoms with Gasteiger partial charge in [-0.05, 0) is 43.4 Å². The first kappa shape index (κ1) is 22.4. The minimum atomic E-state index is -0.120. The molecular weight excluding hydrogens is 422 g/mol. The van der Waals surface area contributed by atoms with E-state index in [4.69, 9.17) is 26.4 Å². The second kappa shape index (κ2) is 10.6. The van der Waals surface area contributed by atoms with Crippen molar-refractivity contribution in [2.45, 2.75) is 39.5 Å². The molecule has 3 rings (SSSR count). The lowest BCUT2D eigenvalue weighted by molar-refractivity contribution is 0.411. The number of halogens is 1. The topological polar surface area (TPSA) is 85.7 Å². The fraction of sp³-hybridized carbons (Fsp3) is 0.429. The molecule has 9 heteroatoms. The molecule has 0 atom stereocenters. The van der Waals surface area contributed by atoms with Crippen LogP contribution < -0.4 is 10.3 Å². The Balaban J connectivity index is 1.90. The highest BCUT2D eigenvalue weighted by Gasteiger charge is 2.17. The summed E-state index contributed by atoms with van der Waals surface area (Å²) in [6.45, 7) is 3.92. The first-order valence-electron chi connectivity index (χ1n) is 9.93. The van der Waals surface area contributed by atoms with Gasteiger partial charge in [-0.3, -0.25) is 4.79 Å². The van der Waals surface area contributed by atoms with Crippen LogP contribution in [0.15, 0.2) is 29.2 Å². The number of aromatic amines is 1. The summed E-state index contributed by atoms with van der Waals surface area (Å²) >= 11 is 8.23. The van der Waals surface area contributed by atoms with Gasteiger partial charge in [0.15, 0.2) is 11.6 Å². The lowest BCUT2D eigenvalue weighted by atomic mass is 10.2. The monoisotopic (exact) mass is 447 g/mol. The van der Waals surface area contributed by atoms with Crippen molar-refractivity contribution < 1.29 is 4.74 Å². The molecule has 3 aromatic rings. The Hall–Kier alpha value is -2.32. The number of ether oxygens (including phenoxy) is 1. The smallest absolute Gasteiger partial charge is 0.254 e. The van der Waals surface area contributed by atoms with Crippen LogP contribution in [0.4, 0.5) is 0 Å². The number of hydrogen-bond donors (Lipinski definition) is 1. The Morgan fingerprint density at radius 3 is 2.83 bits per heavy atom. The molecule has 0 bridgehead atoms. The van der Waals surface area contributed by atoms with E-state index in [1.165, 1.54) is 0 Å². The zero-order valence-electron chi connectivity index (χ0n) is 17.4. The largest absolute Gasteiger partial charge is 0.493 e. The van der Waals surface area contributed by atoms with Crippen molar-refractivity contribution in [3.05, 3.63) is 62.8 Å². The molecule has 0 aliphatic heterocycles. The van der Waals surface area contributed by atoms with E-state index in [0.29, 0.717) is 35.0 Å². The molecule has 1 aromatic carbocycles. The number of H-pyrrole nitrogens is 1. The normalized spacial score (nSPS) is 11.1. The second-order valence-electron chi connectivity index (χ2n) is 6.77. The number of hydrogen-bond acceptors (Lipinski definition) is 6. The maximum atomic E-state index is 12.2. The van der Waals surface area contributed by atoms with Crippen LogP contribution in [0.3, 0.4) is 0 Å². The van der Waals surface area contributed by atoms with Crippen LogP contribution in [0.5, 0.6) is 5.75 Å². The van der Waals surface area contributed by atoms with Crippen LogP contribution in [0.2, 0.25) is 5.02 Å². The molecule has 2 heterocycles. The van der Waals surface area contributed by atoms with Gasteiger partial charge < -0.3 is 9.72 Å². The average Bonchev–Trinajstić information content (AvgIpc) is 3.13. The van der Waals surface area contributed by atoms with E-state index in [1.54, 1.807) is 31.0 Å². The summed E-state index contributed by atoms with van der Waals surface area (Å²) in [5.74, 6) is 4.86. The summed E-state index contributed by atoms with van der Waals surface area (Å²) < 4.78 is 7.29. The highest BCUT2D eigenvalue weighted by atomic mass is 35.5. The van der Waals surface area contributed by atoms with Gasteiger partial charge in [0.05, 0.1) is 12.1 Å². The van der Waals surface area contributed by atoms with Gasteiger partial charge >= 0.3 is 0 Å². The van der Waals surface area contributed by atoms with Crippen molar-refractivity contribution in [2.75, 3.05) is 18.6 Å². The Bertz CT molecular complexity index is 1050. The molecule has 0 fully saturated rings. The zero-order valence-corrected chi connectivity index (χ0v) is 19.0. The number of thioether (sulfide) groups is 1. The third kappa shape index (κ3) is 5.43. The van der Waals surface area contributed by atoms with Crippen LogP contribution in [0.25, 0.3) is 5.69 Å². The number of nitrogens with zero attached hydrogens (tertiary/aromatic N) is 4. The molecule has 7 nitrogen and oxygen atoms in total. The summed E-state index contributed by atoms with van der Waals surface area (Å²) in [6.07, 6.45) is 4.48. The zero-order chi connectivity index (χ0) is 21.5. The number of benzene rings is 1. The van der Waals surface area contributed by atoms with Gasteiger partial charge in [-0.25, -0.2) is 14.6 Å². The van der Waals surface area contributed by atoms with Gasteiger partial charge in [-0.2, -0.15) is 16.9 Å². The minimum Gasteiger partial charge on any atom is -0.493 e. The third-order valence-corrected chi connectivity index (χ3v) is 5.89. The molecule has 30 heavy (non-hydrogen) atoms. The molecule has 1 N–H and O–H groups in total. The Morgan fingerprint density at radius 1 is 1.27 bits per heavy atom. The number of methoxy groups -OCH3 is 1. The number of rotatable bonds is 10. The van der Waals surface area contributed by atoms with Crippen LogP contribution in [0.1, 0.15) is 36.4 Å². The van der Waals surface area contributed by atoms with Crippen LogP contribution in [-0.2, 0) is 19.3 Å². The van der Waals surface area contributed by atoms with Gasteiger partial charge in [-0.15, -0.1) is 0 Å². The molecule has 0 aliphatic rings. The third-order valence-electron chi connectivity index (χ3n) is 4.61. The first-order valence-corrected chi connectivity index (χ1v) is 11.5. The standard InChI is InChI=1S/C21H26ClN5O2S/c1-4-30-12-6-9-18-25-19(11-10-15-13-23-14(2)24-21(15)28)27(26-18)17-8-5-7-16(22)20(17)29-3/h5,7-8,13H,4,6,9-12H2,1-3H3,(H,23,24,28). The number of para-hydroxylation sites is 1. The Kier molecular flexibility index (Phi) is 7.93. The van der Waals surface area contributed by atoms with E-state index < -0.39 is 0 Å². The van der Waals surface area contributed by atoms with Crippen molar-refractivity contribution in [1.29, 1.82) is 0 Å². The van der Waals surface area contributed by atoms with Crippen LogP contribution >= 0.6 is 23.4 Å². The van der Waals surface area contributed by atoms with Crippen LogP contribution in [-0.4, -0.2) is 43.3 Å². The van der Waals surface area contributed by atoms with Crippen molar-refractivity contribution in [2.24, 2.45) is 0 Å². The van der Waals surface area contributed by atoms with Crippen LogP contribution in [0, 0.1) is 6.92 Å². The van der Waals surface area contributed by atoms with Crippen molar-refractivity contribution in [3.63, 3.8) is 0 Å². The summed E-state index contributed by atoms with van der Waals surface area (Å²) in [7, 11) is 1.59. The second-order valence-corrected chi connectivity index (χ2v) is 8.57. The van der Waals surface area contributed by atoms with Crippen molar-refractivity contribution in [3.8, 4) is 11.4 Å². The van der Waals surface area contributed by atoms with E-state index in [2.05, 4.69) is 16.9 Å². The predicted octanol–water partition coefficient (Wildman–Crippen LogP) is 3.79. The molecule has 2 aromatic heterocycles. The molecule has 0 saturated heterocycles. The quantitative estimate of drug-likeness (QED) is 0.476. The average molecular weight is 448 g/mol. The van der Waals surface area contributed by atoms with Gasteiger partial charge in [-0.1, -0.05) is 24.6 Å². The van der Waals surface area contributed by atoms with Gasteiger partial charge in [0.2, 0.25) is 0 Å². The number of nitrogens with one attached hydrogen (secondary N) is 1. The summed E-state index contributed by atoms with van der Waals surface area (Å²) in [6, 6.07) is 5.54. The van der Waals surface area contributed by atoms with Gasteiger partial charge in [0, 0.05) is 24.6 Å². The number of aromatic nitrogens is 5. The van der Waals surface area contributed by atoms with E-state index in [-0.39, 0.29) is 5.56 Å². The summed E-state index contributed by atoms with van der Waals surface area (Å²) in [4.78, 5) is 23.9. The fourth-order valence-corrected chi connectivity index (χ4v) is 4.01. The maximum absolute atomic E-state index is 12.2. The lowest BCUT2D eigenvalue weighted by Crippen LogP contribution is -2.16. The first-order chi connectivity index (χ1) is 14.5. The van der Waals surface area contributed by atoms with E-state index in [1.807, 2.05) is 23.9 Å². The Labute approximate surface area is 185 Å². The van der Waals surface area contributed by atoms with E-state index in [9.17, 15) is 4.79 Å². The molecule has 160 valence electrons. The molecule has 0 radical (unpaired) electrons. The molecule has 0 amide bonds. The van der Waals surface area contributed by atoms with Crippen molar-refractivity contribution in [1.82, 2.24) is 24.7 Å². The fourth-order valence-electron chi connectivity index (χ4n) is 3.13. The van der Waals surface area contributed by atoms with Gasteiger partial charge in [0.25, 0.3) is 5.56 Å². The molecular formula is C21H26ClN5O2S. The molecule has 0 saturated carbocycles. The molecule has 0 aliphatic carbocycles. The number of aryl methyl sites for hydroxylation is 4. The van der Waals surface area contributed by atoms with Crippen molar-refractivity contribution >= 4 is 23.4 Å². The summed E-state index contributed by atoms with van der Waals surface area (Å²) in [5.41, 5.74) is 1.23. The lowest BCUT2D eigenvalue weighted by Gasteiger charge is -2.11. The highest BCUT2D eigenvalue weighted by Crippen LogP contribution is 2.31.